The Bertz CT molecular complexity index is 518. The molecule has 2 aromatic heterocycles. The standard InChI is InChI=1S/C10H11BrN2O2S/c1-6(2)9(14)15-5-7-8(11)13-3-4-16-10(13)12-7/h3-4,6H,5H2,1-2H3. The topological polar surface area (TPSA) is 43.6 Å². The number of halogens is 1. The molecule has 0 aliphatic heterocycles. The van der Waals surface area contributed by atoms with E-state index in [1.54, 1.807) is 11.3 Å². The molecule has 2 rings (SSSR count). The number of rotatable bonds is 3. The summed E-state index contributed by atoms with van der Waals surface area (Å²) in [6, 6.07) is 0. The molecule has 0 fully saturated rings. The number of carbonyl (C=O) groups is 1. The maximum absolute atomic E-state index is 11.3. The third-order valence-electron chi connectivity index (χ3n) is 2.09. The molecule has 0 saturated heterocycles. The van der Waals surface area contributed by atoms with Crippen molar-refractivity contribution in [3.05, 3.63) is 21.9 Å². The second-order valence-electron chi connectivity index (χ2n) is 3.67. The van der Waals surface area contributed by atoms with Gasteiger partial charge in [0.25, 0.3) is 0 Å². The molecule has 2 heterocycles. The third-order valence-corrected chi connectivity index (χ3v) is 3.69. The summed E-state index contributed by atoms with van der Waals surface area (Å²) in [5.41, 5.74) is 0.751. The van der Waals surface area contributed by atoms with Gasteiger partial charge < -0.3 is 4.74 Å². The monoisotopic (exact) mass is 302 g/mol. The third kappa shape index (κ3) is 2.12. The van der Waals surface area contributed by atoms with E-state index in [1.807, 2.05) is 29.8 Å². The smallest absolute Gasteiger partial charge is 0.308 e. The molecule has 0 aliphatic carbocycles. The molecule has 0 atom stereocenters. The van der Waals surface area contributed by atoms with Crippen molar-refractivity contribution in [2.24, 2.45) is 5.92 Å². The summed E-state index contributed by atoms with van der Waals surface area (Å²) < 4.78 is 7.90. The van der Waals surface area contributed by atoms with Crippen LogP contribution in [0.2, 0.25) is 0 Å². The van der Waals surface area contributed by atoms with Crippen LogP contribution < -0.4 is 0 Å². The fourth-order valence-electron chi connectivity index (χ4n) is 1.20. The zero-order valence-electron chi connectivity index (χ0n) is 8.94. The van der Waals surface area contributed by atoms with Crippen molar-refractivity contribution in [3.63, 3.8) is 0 Å². The van der Waals surface area contributed by atoms with E-state index < -0.39 is 0 Å². The van der Waals surface area contributed by atoms with Crippen LogP contribution in [0.25, 0.3) is 4.96 Å². The molecular formula is C10H11BrN2O2S. The van der Waals surface area contributed by atoms with Crippen molar-refractivity contribution < 1.29 is 9.53 Å². The van der Waals surface area contributed by atoms with Crippen LogP contribution in [-0.4, -0.2) is 15.4 Å². The second-order valence-corrected chi connectivity index (χ2v) is 5.29. The lowest BCUT2D eigenvalue weighted by atomic mass is 10.2. The molecule has 0 saturated carbocycles. The Labute approximate surface area is 105 Å². The Morgan fingerprint density at radius 2 is 2.44 bits per heavy atom. The molecule has 0 spiro atoms. The summed E-state index contributed by atoms with van der Waals surface area (Å²) in [7, 11) is 0. The maximum atomic E-state index is 11.3. The van der Waals surface area contributed by atoms with Crippen LogP contribution in [0.1, 0.15) is 19.5 Å². The van der Waals surface area contributed by atoms with Crippen LogP contribution >= 0.6 is 27.3 Å². The molecule has 0 amide bonds. The van der Waals surface area contributed by atoms with Gasteiger partial charge in [0.2, 0.25) is 0 Å². The molecular weight excluding hydrogens is 292 g/mol. The first kappa shape index (κ1) is 11.6. The van der Waals surface area contributed by atoms with Gasteiger partial charge in [0.15, 0.2) is 4.96 Å². The summed E-state index contributed by atoms with van der Waals surface area (Å²) in [5, 5.41) is 1.96. The molecule has 0 unspecified atom stereocenters. The van der Waals surface area contributed by atoms with Crippen LogP contribution in [-0.2, 0) is 16.1 Å². The van der Waals surface area contributed by atoms with E-state index in [-0.39, 0.29) is 18.5 Å². The van der Waals surface area contributed by atoms with Gasteiger partial charge >= 0.3 is 5.97 Å². The van der Waals surface area contributed by atoms with Gasteiger partial charge in [-0.15, -0.1) is 11.3 Å². The molecule has 86 valence electrons. The summed E-state index contributed by atoms with van der Waals surface area (Å²) in [4.78, 5) is 16.6. The van der Waals surface area contributed by atoms with Crippen LogP contribution in [0.3, 0.4) is 0 Å². The number of ether oxygens (including phenoxy) is 1. The summed E-state index contributed by atoms with van der Waals surface area (Å²) in [6.45, 7) is 3.83. The van der Waals surface area contributed by atoms with Gasteiger partial charge in [-0.25, -0.2) is 4.98 Å². The van der Waals surface area contributed by atoms with E-state index in [4.69, 9.17) is 4.74 Å². The Hall–Kier alpha value is -0.880. The highest BCUT2D eigenvalue weighted by Crippen LogP contribution is 2.22. The van der Waals surface area contributed by atoms with Crippen LogP contribution in [0.5, 0.6) is 0 Å². The minimum Gasteiger partial charge on any atom is -0.459 e. The molecule has 0 N–H and O–H groups in total. The van der Waals surface area contributed by atoms with Crippen molar-refractivity contribution >= 4 is 38.2 Å². The van der Waals surface area contributed by atoms with Gasteiger partial charge in [-0.3, -0.25) is 9.20 Å². The number of aromatic nitrogens is 2. The van der Waals surface area contributed by atoms with Gasteiger partial charge in [0, 0.05) is 11.6 Å². The van der Waals surface area contributed by atoms with Crippen molar-refractivity contribution in [2.45, 2.75) is 20.5 Å². The van der Waals surface area contributed by atoms with Gasteiger partial charge in [-0.05, 0) is 15.9 Å². The Morgan fingerprint density at radius 1 is 1.69 bits per heavy atom. The molecule has 0 bridgehead atoms. The fourth-order valence-corrected chi connectivity index (χ4v) is 2.54. The highest BCUT2D eigenvalue weighted by atomic mass is 79.9. The number of thiazole rings is 1. The largest absolute Gasteiger partial charge is 0.459 e. The van der Waals surface area contributed by atoms with Crippen molar-refractivity contribution in [1.82, 2.24) is 9.38 Å². The quantitative estimate of drug-likeness (QED) is 0.819. The van der Waals surface area contributed by atoms with E-state index in [0.717, 1.165) is 15.3 Å². The molecule has 0 aromatic carbocycles. The lowest BCUT2D eigenvalue weighted by Gasteiger charge is -2.05. The predicted molar refractivity (Wildman–Crippen MR) is 65.4 cm³/mol. The van der Waals surface area contributed by atoms with E-state index in [9.17, 15) is 4.79 Å². The summed E-state index contributed by atoms with van der Waals surface area (Å²) >= 11 is 4.98. The van der Waals surface area contributed by atoms with E-state index in [0.29, 0.717) is 0 Å². The normalized spacial score (nSPS) is 11.2. The van der Waals surface area contributed by atoms with Crippen molar-refractivity contribution in [1.29, 1.82) is 0 Å². The van der Waals surface area contributed by atoms with Gasteiger partial charge in [0.1, 0.15) is 16.9 Å². The molecule has 16 heavy (non-hydrogen) atoms. The first-order valence-corrected chi connectivity index (χ1v) is 6.53. The SMILES string of the molecule is CC(C)C(=O)OCc1nc2sccn2c1Br. The minimum atomic E-state index is -0.205. The number of esters is 1. The number of nitrogens with zero attached hydrogens (tertiary/aromatic N) is 2. The first-order chi connectivity index (χ1) is 7.59. The number of hydrogen-bond donors (Lipinski definition) is 0. The summed E-state index contributed by atoms with van der Waals surface area (Å²) in [5.74, 6) is -0.314. The predicted octanol–water partition coefficient (Wildman–Crippen LogP) is 2.86. The Morgan fingerprint density at radius 3 is 3.06 bits per heavy atom. The first-order valence-electron chi connectivity index (χ1n) is 4.86. The molecule has 0 aliphatic rings. The zero-order chi connectivity index (χ0) is 11.7. The highest BCUT2D eigenvalue weighted by molar-refractivity contribution is 9.10. The average Bonchev–Trinajstić information content (AvgIpc) is 2.79. The molecule has 4 nitrogen and oxygen atoms in total. The maximum Gasteiger partial charge on any atom is 0.308 e. The van der Waals surface area contributed by atoms with Crippen LogP contribution in [0.4, 0.5) is 0 Å². The Kier molecular flexibility index (Phi) is 3.30. The molecule has 6 heteroatoms. The van der Waals surface area contributed by atoms with Crippen molar-refractivity contribution in [3.8, 4) is 0 Å². The van der Waals surface area contributed by atoms with Gasteiger partial charge in [-0.1, -0.05) is 13.8 Å². The van der Waals surface area contributed by atoms with Crippen LogP contribution in [0.15, 0.2) is 16.2 Å². The van der Waals surface area contributed by atoms with Crippen molar-refractivity contribution in [2.75, 3.05) is 0 Å². The fraction of sp³-hybridized carbons (Fsp3) is 0.400. The minimum absolute atomic E-state index is 0.109. The highest BCUT2D eigenvalue weighted by Gasteiger charge is 2.14. The van der Waals surface area contributed by atoms with E-state index >= 15 is 0 Å². The number of imidazole rings is 1. The lowest BCUT2D eigenvalue weighted by Crippen LogP contribution is -2.11. The molecule has 2 aromatic rings. The number of carbonyl (C=O) groups excluding carboxylic acids is 1. The average molecular weight is 303 g/mol. The number of fused-ring (bicyclic) bond motifs is 1. The van der Waals surface area contributed by atoms with E-state index in [1.165, 1.54) is 0 Å². The zero-order valence-corrected chi connectivity index (χ0v) is 11.3. The summed E-state index contributed by atoms with van der Waals surface area (Å²) in [6.07, 6.45) is 1.92. The Balaban J connectivity index is 2.12. The van der Waals surface area contributed by atoms with Crippen LogP contribution in [0, 0.1) is 5.92 Å². The van der Waals surface area contributed by atoms with Gasteiger partial charge in [-0.2, -0.15) is 0 Å². The van der Waals surface area contributed by atoms with E-state index in [2.05, 4.69) is 20.9 Å². The molecule has 0 radical (unpaired) electrons. The van der Waals surface area contributed by atoms with Gasteiger partial charge in [0.05, 0.1) is 5.92 Å². The number of hydrogen-bond acceptors (Lipinski definition) is 4. The lowest BCUT2D eigenvalue weighted by molar-refractivity contribution is -0.148. The second kappa shape index (κ2) is 4.55.